The number of carbonyl (C=O) groups excluding carboxylic acids is 1. The fraction of sp³-hybridized carbons (Fsp3) is 0.125. The van der Waals surface area contributed by atoms with Gasteiger partial charge in [0.05, 0.1) is 5.56 Å². The number of hydrogen-bond acceptors (Lipinski definition) is 3. The van der Waals surface area contributed by atoms with Gasteiger partial charge in [-0.2, -0.15) is 0 Å². The summed E-state index contributed by atoms with van der Waals surface area (Å²) >= 11 is 5.79. The Morgan fingerprint density at radius 2 is 1.83 bits per heavy atom. The van der Waals surface area contributed by atoms with Gasteiger partial charge in [-0.3, -0.25) is 4.79 Å². The third kappa shape index (κ3) is 4.42. The summed E-state index contributed by atoms with van der Waals surface area (Å²) in [5.74, 6) is -3.52. The van der Waals surface area contributed by atoms with Crippen LogP contribution in [0.2, 0.25) is 5.02 Å². The Morgan fingerprint density at radius 1 is 1.17 bits per heavy atom. The van der Waals surface area contributed by atoms with Gasteiger partial charge in [-0.25, -0.2) is 13.6 Å². The average molecular weight is 356 g/mol. The number of halogens is 3. The minimum Gasteiger partial charge on any atom is -0.481 e. The number of benzene rings is 2. The third-order valence-corrected chi connectivity index (χ3v) is 3.26. The molecule has 5 nitrogen and oxygen atoms in total. The van der Waals surface area contributed by atoms with Gasteiger partial charge in [-0.15, -0.1) is 0 Å². The first kappa shape index (κ1) is 17.7. The van der Waals surface area contributed by atoms with Crippen LogP contribution in [0.5, 0.6) is 5.75 Å². The van der Waals surface area contributed by atoms with Crippen molar-refractivity contribution in [2.75, 3.05) is 6.61 Å². The second-order valence-electron chi connectivity index (χ2n) is 4.71. The van der Waals surface area contributed by atoms with E-state index in [2.05, 4.69) is 5.32 Å². The smallest absolute Gasteiger partial charge is 0.341 e. The van der Waals surface area contributed by atoms with E-state index in [1.165, 1.54) is 24.3 Å². The zero-order valence-electron chi connectivity index (χ0n) is 12.2. The minimum absolute atomic E-state index is 0.00241. The van der Waals surface area contributed by atoms with E-state index in [0.29, 0.717) is 0 Å². The first-order valence-corrected chi connectivity index (χ1v) is 7.11. The fourth-order valence-electron chi connectivity index (χ4n) is 1.91. The van der Waals surface area contributed by atoms with Crippen LogP contribution >= 0.6 is 11.6 Å². The summed E-state index contributed by atoms with van der Waals surface area (Å²) in [6.45, 7) is -1.04. The normalized spacial score (nSPS) is 10.3. The molecule has 24 heavy (non-hydrogen) atoms. The van der Waals surface area contributed by atoms with Crippen molar-refractivity contribution in [3.05, 3.63) is 64.2 Å². The lowest BCUT2D eigenvalue weighted by Crippen LogP contribution is -2.25. The van der Waals surface area contributed by atoms with Crippen LogP contribution < -0.4 is 10.1 Å². The van der Waals surface area contributed by atoms with Gasteiger partial charge in [0.25, 0.3) is 5.91 Å². The topological polar surface area (TPSA) is 75.6 Å². The van der Waals surface area contributed by atoms with Crippen molar-refractivity contribution in [3.63, 3.8) is 0 Å². The van der Waals surface area contributed by atoms with Gasteiger partial charge in [-0.05, 0) is 30.3 Å². The Morgan fingerprint density at radius 3 is 2.46 bits per heavy atom. The first-order chi connectivity index (χ1) is 11.4. The predicted octanol–water partition coefficient (Wildman–Crippen LogP) is 3.01. The maximum atomic E-state index is 13.5. The number of hydrogen-bond donors (Lipinski definition) is 2. The molecule has 0 aromatic heterocycles. The lowest BCUT2D eigenvalue weighted by Gasteiger charge is -2.11. The van der Waals surface area contributed by atoms with Crippen molar-refractivity contribution in [2.24, 2.45) is 0 Å². The molecular weight excluding hydrogens is 344 g/mol. The van der Waals surface area contributed by atoms with Gasteiger partial charge in [0.15, 0.2) is 6.61 Å². The highest BCUT2D eigenvalue weighted by atomic mass is 35.5. The molecule has 126 valence electrons. The first-order valence-electron chi connectivity index (χ1n) is 6.73. The minimum atomic E-state index is -1.23. The highest BCUT2D eigenvalue weighted by Gasteiger charge is 2.16. The quantitative estimate of drug-likeness (QED) is 0.835. The van der Waals surface area contributed by atoms with Crippen molar-refractivity contribution in [1.82, 2.24) is 5.32 Å². The van der Waals surface area contributed by atoms with Crippen LogP contribution in [0.25, 0.3) is 0 Å². The number of rotatable bonds is 6. The lowest BCUT2D eigenvalue weighted by atomic mass is 10.1. The maximum absolute atomic E-state index is 13.5. The number of carbonyl (C=O) groups is 2. The summed E-state index contributed by atoms with van der Waals surface area (Å²) < 4.78 is 32.1. The highest BCUT2D eigenvalue weighted by molar-refractivity contribution is 6.30. The highest BCUT2D eigenvalue weighted by Crippen LogP contribution is 2.24. The number of ether oxygens (including phenoxy) is 1. The largest absolute Gasteiger partial charge is 0.481 e. The molecule has 1 amide bonds. The Labute approximate surface area is 140 Å². The van der Waals surface area contributed by atoms with Crippen LogP contribution in [-0.2, 0) is 11.3 Å². The summed E-state index contributed by atoms with van der Waals surface area (Å²) in [5.41, 5.74) is -0.287. The molecule has 2 N–H and O–H groups in total. The van der Waals surface area contributed by atoms with Gasteiger partial charge in [0, 0.05) is 17.1 Å². The molecule has 0 fully saturated rings. The Bertz CT molecular complexity index is 762. The van der Waals surface area contributed by atoms with Gasteiger partial charge >= 0.3 is 5.97 Å². The fourth-order valence-corrected chi connectivity index (χ4v) is 2.07. The zero-order valence-corrected chi connectivity index (χ0v) is 12.9. The molecule has 0 aliphatic rings. The molecule has 0 saturated heterocycles. The van der Waals surface area contributed by atoms with E-state index >= 15 is 0 Å². The number of aliphatic carboxylic acids is 1. The number of carboxylic acids is 1. The van der Waals surface area contributed by atoms with Gasteiger partial charge in [-0.1, -0.05) is 17.7 Å². The van der Waals surface area contributed by atoms with Crippen molar-refractivity contribution in [2.45, 2.75) is 6.54 Å². The molecule has 0 saturated carbocycles. The van der Waals surface area contributed by atoms with Crippen molar-refractivity contribution in [1.29, 1.82) is 0 Å². The molecule has 0 spiro atoms. The average Bonchev–Trinajstić information content (AvgIpc) is 2.52. The molecule has 2 aromatic rings. The van der Waals surface area contributed by atoms with Gasteiger partial charge in [0.2, 0.25) is 0 Å². The van der Waals surface area contributed by atoms with E-state index in [4.69, 9.17) is 21.4 Å². The van der Waals surface area contributed by atoms with Crippen molar-refractivity contribution < 1.29 is 28.2 Å². The Kier molecular flexibility index (Phi) is 5.70. The molecule has 0 bridgehead atoms. The maximum Gasteiger partial charge on any atom is 0.341 e. The lowest BCUT2D eigenvalue weighted by molar-refractivity contribution is -0.139. The molecule has 2 rings (SSSR count). The molecule has 0 unspecified atom stereocenters. The molecule has 2 aromatic carbocycles. The van der Waals surface area contributed by atoms with E-state index in [-0.39, 0.29) is 28.4 Å². The van der Waals surface area contributed by atoms with Crippen LogP contribution in [0, 0.1) is 11.6 Å². The van der Waals surface area contributed by atoms with E-state index in [1.54, 1.807) is 0 Å². The Balaban J connectivity index is 2.16. The molecule has 0 aliphatic heterocycles. The number of nitrogens with one attached hydrogen (secondary N) is 1. The van der Waals surface area contributed by atoms with Crippen LogP contribution in [0.4, 0.5) is 8.78 Å². The van der Waals surface area contributed by atoms with Gasteiger partial charge in [0.1, 0.15) is 17.4 Å². The monoisotopic (exact) mass is 355 g/mol. The van der Waals surface area contributed by atoms with Crippen LogP contribution in [0.1, 0.15) is 15.9 Å². The summed E-state index contributed by atoms with van der Waals surface area (Å²) in [6, 6.07) is 7.39. The summed E-state index contributed by atoms with van der Waals surface area (Å²) in [4.78, 5) is 22.8. The van der Waals surface area contributed by atoms with E-state index in [0.717, 1.165) is 12.1 Å². The molecular formula is C16H12ClF2NO4. The molecule has 8 heteroatoms. The predicted molar refractivity (Wildman–Crippen MR) is 82.1 cm³/mol. The van der Waals surface area contributed by atoms with E-state index in [1.807, 2.05) is 0 Å². The van der Waals surface area contributed by atoms with Crippen LogP contribution in [0.15, 0.2) is 36.4 Å². The summed E-state index contributed by atoms with van der Waals surface area (Å²) in [6.07, 6.45) is 0. The Hall–Kier alpha value is -2.67. The second kappa shape index (κ2) is 7.74. The van der Waals surface area contributed by atoms with E-state index < -0.39 is 30.1 Å². The van der Waals surface area contributed by atoms with Crippen LogP contribution in [0.3, 0.4) is 0 Å². The molecule has 0 heterocycles. The SMILES string of the molecule is O=C(O)COc1cc(Cl)ccc1C(=O)NCc1c(F)cccc1F. The molecule has 0 atom stereocenters. The van der Waals surface area contributed by atoms with Crippen molar-refractivity contribution >= 4 is 23.5 Å². The van der Waals surface area contributed by atoms with Gasteiger partial charge < -0.3 is 15.2 Å². The standard InChI is InChI=1S/C16H12ClF2NO4/c17-9-4-5-10(14(6-9)24-8-15(21)22)16(23)20-7-11-12(18)2-1-3-13(11)19/h1-6H,7-8H2,(H,20,23)(H,21,22). The molecule has 0 radical (unpaired) electrons. The van der Waals surface area contributed by atoms with E-state index in [9.17, 15) is 18.4 Å². The third-order valence-electron chi connectivity index (χ3n) is 3.03. The number of amides is 1. The number of carboxylic acid groups (broad SMARTS) is 1. The summed E-state index contributed by atoms with van der Waals surface area (Å²) in [5, 5.41) is 11.2. The van der Waals surface area contributed by atoms with Crippen LogP contribution in [-0.4, -0.2) is 23.6 Å². The summed E-state index contributed by atoms with van der Waals surface area (Å²) in [7, 11) is 0. The van der Waals surface area contributed by atoms with Crippen molar-refractivity contribution in [3.8, 4) is 5.75 Å². The zero-order chi connectivity index (χ0) is 17.7. The molecule has 0 aliphatic carbocycles. The second-order valence-corrected chi connectivity index (χ2v) is 5.14.